The highest BCUT2D eigenvalue weighted by Crippen LogP contribution is 2.49. The first-order chi connectivity index (χ1) is 6.48. The van der Waals surface area contributed by atoms with Crippen molar-refractivity contribution in [1.82, 2.24) is 15.2 Å². The van der Waals surface area contributed by atoms with Crippen molar-refractivity contribution in [2.75, 3.05) is 0 Å². The molecule has 1 saturated carbocycles. The Kier molecular flexibility index (Phi) is 1.90. The molecule has 0 amide bonds. The van der Waals surface area contributed by atoms with E-state index in [1.165, 1.54) is 0 Å². The summed E-state index contributed by atoms with van der Waals surface area (Å²) in [5.41, 5.74) is 0.0237. The number of rotatable bonds is 3. The number of nitrogens with two attached hydrogens (primary N) is 1. The molecule has 0 radical (unpaired) electrons. The number of aromatic amines is 1. The predicted octanol–water partition coefficient (Wildman–Crippen LogP) is -0.106. The fourth-order valence-electron chi connectivity index (χ4n) is 1.52. The van der Waals surface area contributed by atoms with E-state index < -0.39 is 10.0 Å². The standard InChI is InChI=1S/C7H12N4O2S/c1-2-7(3-4-7)5-9-6(11-10-5)14(8,12)13/h2-4H2,1H3,(H2,8,12,13)(H,9,10,11). The molecule has 78 valence electrons. The monoisotopic (exact) mass is 216 g/mol. The Balaban J connectivity index is 2.36. The second-order valence-corrected chi connectivity index (χ2v) is 5.10. The minimum absolute atomic E-state index is 0.0237. The van der Waals surface area contributed by atoms with Crippen LogP contribution in [0.2, 0.25) is 0 Å². The number of H-pyrrole nitrogens is 1. The Labute approximate surface area is 82.0 Å². The first-order valence-corrected chi connectivity index (χ1v) is 5.98. The summed E-state index contributed by atoms with van der Waals surface area (Å²) in [6.45, 7) is 2.05. The minimum Gasteiger partial charge on any atom is -0.261 e. The summed E-state index contributed by atoms with van der Waals surface area (Å²) in [4.78, 5) is 3.91. The highest BCUT2D eigenvalue weighted by atomic mass is 32.2. The largest absolute Gasteiger partial charge is 0.282 e. The van der Waals surface area contributed by atoms with E-state index in [4.69, 9.17) is 5.14 Å². The molecule has 1 aromatic rings. The fourth-order valence-corrected chi connectivity index (χ4v) is 1.91. The fraction of sp³-hybridized carbons (Fsp3) is 0.714. The van der Waals surface area contributed by atoms with Gasteiger partial charge in [-0.2, -0.15) is 0 Å². The van der Waals surface area contributed by atoms with Crippen LogP contribution in [0.1, 0.15) is 32.0 Å². The van der Waals surface area contributed by atoms with Gasteiger partial charge in [0.05, 0.1) is 0 Å². The average Bonchev–Trinajstić information content (AvgIpc) is 2.73. The Morgan fingerprint density at radius 3 is 2.57 bits per heavy atom. The van der Waals surface area contributed by atoms with Gasteiger partial charge < -0.3 is 0 Å². The topological polar surface area (TPSA) is 102 Å². The molecular formula is C7H12N4O2S. The number of aromatic nitrogens is 3. The summed E-state index contributed by atoms with van der Waals surface area (Å²) >= 11 is 0. The summed E-state index contributed by atoms with van der Waals surface area (Å²) in [5, 5.41) is 10.8. The second-order valence-electron chi connectivity index (χ2n) is 3.65. The van der Waals surface area contributed by atoms with E-state index in [9.17, 15) is 8.42 Å². The van der Waals surface area contributed by atoms with E-state index >= 15 is 0 Å². The number of nitrogens with zero attached hydrogens (tertiary/aromatic N) is 2. The highest BCUT2D eigenvalue weighted by molar-refractivity contribution is 7.89. The third kappa shape index (κ3) is 1.42. The molecular weight excluding hydrogens is 204 g/mol. The molecule has 1 fully saturated rings. The lowest BCUT2D eigenvalue weighted by atomic mass is 10.0. The molecule has 0 aromatic carbocycles. The van der Waals surface area contributed by atoms with E-state index in [1.807, 2.05) is 6.92 Å². The van der Waals surface area contributed by atoms with Crippen LogP contribution in [0.3, 0.4) is 0 Å². The maximum Gasteiger partial charge on any atom is 0.282 e. The van der Waals surface area contributed by atoms with E-state index in [-0.39, 0.29) is 10.6 Å². The Hall–Kier alpha value is -0.950. The second kappa shape index (κ2) is 2.77. The smallest absolute Gasteiger partial charge is 0.261 e. The third-order valence-corrected chi connectivity index (χ3v) is 3.44. The van der Waals surface area contributed by atoms with Crippen LogP contribution < -0.4 is 5.14 Å². The summed E-state index contributed by atoms with van der Waals surface area (Å²) in [7, 11) is -3.78. The van der Waals surface area contributed by atoms with Gasteiger partial charge in [0.2, 0.25) is 0 Å². The molecule has 7 heteroatoms. The zero-order valence-corrected chi connectivity index (χ0v) is 8.63. The predicted molar refractivity (Wildman–Crippen MR) is 49.0 cm³/mol. The van der Waals surface area contributed by atoms with E-state index in [0.29, 0.717) is 5.82 Å². The van der Waals surface area contributed by atoms with Crippen molar-refractivity contribution < 1.29 is 8.42 Å². The molecule has 1 aromatic heterocycles. The van der Waals surface area contributed by atoms with Crippen LogP contribution in [0.5, 0.6) is 0 Å². The molecule has 1 heterocycles. The minimum atomic E-state index is -3.78. The number of sulfonamides is 1. The first-order valence-electron chi connectivity index (χ1n) is 4.44. The van der Waals surface area contributed by atoms with Crippen LogP contribution in [0.4, 0.5) is 0 Å². The maximum absolute atomic E-state index is 10.9. The van der Waals surface area contributed by atoms with Crippen LogP contribution in [-0.4, -0.2) is 23.6 Å². The van der Waals surface area contributed by atoms with E-state index in [2.05, 4.69) is 15.2 Å². The highest BCUT2D eigenvalue weighted by Gasteiger charge is 2.45. The number of hydrogen-bond donors (Lipinski definition) is 2. The van der Waals surface area contributed by atoms with Crippen molar-refractivity contribution in [3.8, 4) is 0 Å². The lowest BCUT2D eigenvalue weighted by Crippen LogP contribution is -2.14. The zero-order chi connectivity index (χ0) is 10.4. The maximum atomic E-state index is 10.9. The number of primary sulfonamides is 1. The zero-order valence-electron chi connectivity index (χ0n) is 7.82. The molecule has 14 heavy (non-hydrogen) atoms. The molecule has 1 aliphatic carbocycles. The van der Waals surface area contributed by atoms with Gasteiger partial charge in [-0.25, -0.2) is 18.5 Å². The van der Waals surface area contributed by atoms with E-state index in [0.717, 1.165) is 19.3 Å². The summed E-state index contributed by atoms with van der Waals surface area (Å²) < 4.78 is 21.8. The number of nitrogens with one attached hydrogen (secondary N) is 1. The summed E-state index contributed by atoms with van der Waals surface area (Å²) in [6.07, 6.45) is 3.00. The molecule has 3 N–H and O–H groups in total. The Bertz CT molecular complexity index is 446. The molecule has 0 atom stereocenters. The van der Waals surface area contributed by atoms with Crippen LogP contribution in [-0.2, 0) is 15.4 Å². The van der Waals surface area contributed by atoms with Crippen LogP contribution >= 0.6 is 0 Å². The molecule has 2 rings (SSSR count). The molecule has 0 saturated heterocycles. The van der Waals surface area contributed by atoms with Gasteiger partial charge in [-0.1, -0.05) is 6.92 Å². The molecule has 6 nitrogen and oxygen atoms in total. The van der Waals surface area contributed by atoms with Gasteiger partial charge in [-0.05, 0) is 19.3 Å². The molecule has 0 unspecified atom stereocenters. The van der Waals surface area contributed by atoms with Crippen molar-refractivity contribution in [3.63, 3.8) is 0 Å². The summed E-state index contributed by atoms with van der Waals surface area (Å²) in [6, 6.07) is 0. The van der Waals surface area contributed by atoms with Gasteiger partial charge in [0, 0.05) is 5.41 Å². The SMILES string of the molecule is CCC1(c2nc(S(N)(=O)=O)n[nH]2)CC1. The molecule has 0 aliphatic heterocycles. The molecule has 0 spiro atoms. The Morgan fingerprint density at radius 2 is 2.21 bits per heavy atom. The van der Waals surface area contributed by atoms with Crippen LogP contribution in [0.15, 0.2) is 5.16 Å². The van der Waals surface area contributed by atoms with Crippen molar-refractivity contribution in [1.29, 1.82) is 0 Å². The third-order valence-electron chi connectivity index (χ3n) is 2.75. The molecule has 1 aliphatic rings. The van der Waals surface area contributed by atoms with Crippen LogP contribution in [0, 0.1) is 0 Å². The van der Waals surface area contributed by atoms with Gasteiger partial charge in [-0.3, -0.25) is 5.10 Å². The first kappa shape index (κ1) is 9.60. The van der Waals surface area contributed by atoms with Gasteiger partial charge in [0.25, 0.3) is 15.2 Å². The van der Waals surface area contributed by atoms with Gasteiger partial charge in [0.1, 0.15) is 5.82 Å². The number of hydrogen-bond acceptors (Lipinski definition) is 4. The van der Waals surface area contributed by atoms with E-state index in [1.54, 1.807) is 0 Å². The van der Waals surface area contributed by atoms with Crippen molar-refractivity contribution in [2.45, 2.75) is 36.8 Å². The van der Waals surface area contributed by atoms with Gasteiger partial charge in [-0.15, -0.1) is 5.10 Å². The quantitative estimate of drug-likeness (QED) is 0.736. The average molecular weight is 216 g/mol. The van der Waals surface area contributed by atoms with Crippen LogP contribution in [0.25, 0.3) is 0 Å². The van der Waals surface area contributed by atoms with Crippen molar-refractivity contribution in [2.24, 2.45) is 5.14 Å². The van der Waals surface area contributed by atoms with Crippen molar-refractivity contribution in [3.05, 3.63) is 5.82 Å². The lowest BCUT2D eigenvalue weighted by Gasteiger charge is -2.05. The van der Waals surface area contributed by atoms with Gasteiger partial charge >= 0.3 is 0 Å². The molecule has 0 bridgehead atoms. The normalized spacial score (nSPS) is 19.6. The lowest BCUT2D eigenvalue weighted by molar-refractivity contribution is 0.588. The van der Waals surface area contributed by atoms with Crippen molar-refractivity contribution >= 4 is 10.0 Å². The Morgan fingerprint density at radius 1 is 1.57 bits per heavy atom. The van der Waals surface area contributed by atoms with Gasteiger partial charge in [0.15, 0.2) is 0 Å². The summed E-state index contributed by atoms with van der Waals surface area (Å²) in [5.74, 6) is 0.643.